The van der Waals surface area contributed by atoms with Gasteiger partial charge in [-0.05, 0) is 48.6 Å². The van der Waals surface area contributed by atoms with Crippen molar-refractivity contribution in [3.8, 4) is 5.69 Å². The minimum Gasteiger partial charge on any atom is -0.312 e. The van der Waals surface area contributed by atoms with E-state index in [0.29, 0.717) is 0 Å². The van der Waals surface area contributed by atoms with Gasteiger partial charge in [0.2, 0.25) is 0 Å². The molecule has 0 amide bonds. The molecule has 0 radical (unpaired) electrons. The lowest BCUT2D eigenvalue weighted by molar-refractivity contribution is 0.392. The number of hydrogen-bond donors (Lipinski definition) is 1. The molecule has 1 aromatic carbocycles. The van der Waals surface area contributed by atoms with Crippen LogP contribution in [0.1, 0.15) is 31.7 Å². The molecule has 1 aromatic heterocycles. The highest BCUT2D eigenvalue weighted by atomic mass is 15.3. The van der Waals surface area contributed by atoms with E-state index in [1.54, 1.807) is 6.20 Å². The largest absolute Gasteiger partial charge is 0.312 e. The van der Waals surface area contributed by atoms with Crippen LogP contribution in [0.4, 0.5) is 0 Å². The topological polar surface area (TPSA) is 29.9 Å². The Morgan fingerprint density at radius 1 is 1.25 bits per heavy atom. The molecule has 2 aromatic rings. The molecule has 2 atom stereocenters. The van der Waals surface area contributed by atoms with Gasteiger partial charge in [0.1, 0.15) is 0 Å². The van der Waals surface area contributed by atoms with Gasteiger partial charge in [-0.25, -0.2) is 4.68 Å². The van der Waals surface area contributed by atoms with Crippen molar-refractivity contribution in [3.05, 3.63) is 48.3 Å². The molecule has 106 valence electrons. The van der Waals surface area contributed by atoms with E-state index >= 15 is 0 Å². The maximum absolute atomic E-state index is 4.24. The zero-order valence-electron chi connectivity index (χ0n) is 12.1. The van der Waals surface area contributed by atoms with Gasteiger partial charge >= 0.3 is 0 Å². The summed E-state index contributed by atoms with van der Waals surface area (Å²) in [6.45, 7) is 4.50. The highest BCUT2D eigenvalue weighted by Gasteiger charge is 2.22. The Hall–Kier alpha value is -1.61. The number of rotatable bonds is 5. The molecule has 3 nitrogen and oxygen atoms in total. The van der Waals surface area contributed by atoms with Gasteiger partial charge in [-0.2, -0.15) is 5.10 Å². The lowest BCUT2D eigenvalue weighted by Crippen LogP contribution is -2.23. The van der Waals surface area contributed by atoms with Crippen LogP contribution in [0.5, 0.6) is 0 Å². The van der Waals surface area contributed by atoms with E-state index in [-0.39, 0.29) is 0 Å². The Kier molecular flexibility index (Phi) is 4.16. The van der Waals surface area contributed by atoms with E-state index < -0.39 is 0 Å². The van der Waals surface area contributed by atoms with Crippen molar-refractivity contribution in [1.82, 2.24) is 15.1 Å². The maximum Gasteiger partial charge on any atom is 0.0645 e. The van der Waals surface area contributed by atoms with Gasteiger partial charge < -0.3 is 5.32 Å². The van der Waals surface area contributed by atoms with Crippen LogP contribution in [0.2, 0.25) is 0 Å². The lowest BCUT2D eigenvalue weighted by Gasteiger charge is -2.16. The predicted molar refractivity (Wildman–Crippen MR) is 81.8 cm³/mol. The molecule has 1 heterocycles. The smallest absolute Gasteiger partial charge is 0.0645 e. The molecule has 0 saturated heterocycles. The second kappa shape index (κ2) is 6.23. The molecular formula is C17H23N3. The minimum absolute atomic E-state index is 0.873. The van der Waals surface area contributed by atoms with E-state index in [1.165, 1.54) is 24.8 Å². The van der Waals surface area contributed by atoms with Crippen molar-refractivity contribution >= 4 is 0 Å². The normalized spacial score (nSPS) is 22.2. The van der Waals surface area contributed by atoms with Crippen LogP contribution >= 0.6 is 0 Å². The van der Waals surface area contributed by atoms with E-state index in [9.17, 15) is 0 Å². The lowest BCUT2D eigenvalue weighted by atomic mass is 9.98. The Morgan fingerprint density at radius 3 is 2.75 bits per heavy atom. The van der Waals surface area contributed by atoms with Crippen LogP contribution in [0.3, 0.4) is 0 Å². The fourth-order valence-electron chi connectivity index (χ4n) is 3.12. The molecule has 2 unspecified atom stereocenters. The third-order valence-electron chi connectivity index (χ3n) is 4.48. The summed E-state index contributed by atoms with van der Waals surface area (Å²) in [4.78, 5) is 0. The van der Waals surface area contributed by atoms with Crippen molar-refractivity contribution in [1.29, 1.82) is 0 Å². The molecule has 0 aliphatic heterocycles. The first kappa shape index (κ1) is 13.4. The summed E-state index contributed by atoms with van der Waals surface area (Å²) in [6, 6.07) is 10.6. The summed E-state index contributed by atoms with van der Waals surface area (Å²) in [7, 11) is 0. The van der Waals surface area contributed by atoms with Gasteiger partial charge in [-0.1, -0.05) is 31.9 Å². The number of aromatic nitrogens is 2. The van der Waals surface area contributed by atoms with E-state index in [4.69, 9.17) is 0 Å². The summed E-state index contributed by atoms with van der Waals surface area (Å²) in [5, 5.41) is 7.85. The van der Waals surface area contributed by atoms with Crippen molar-refractivity contribution in [2.75, 3.05) is 6.54 Å². The van der Waals surface area contributed by atoms with Gasteiger partial charge in [0.15, 0.2) is 0 Å². The second-order valence-electron chi connectivity index (χ2n) is 5.92. The first-order valence-corrected chi connectivity index (χ1v) is 7.62. The van der Waals surface area contributed by atoms with Crippen LogP contribution in [-0.4, -0.2) is 16.3 Å². The fraction of sp³-hybridized carbons (Fsp3) is 0.471. The molecule has 0 spiro atoms. The van der Waals surface area contributed by atoms with Crippen LogP contribution in [0, 0.1) is 11.8 Å². The molecule has 1 saturated carbocycles. The highest BCUT2D eigenvalue weighted by Crippen LogP contribution is 2.30. The van der Waals surface area contributed by atoms with E-state index in [1.807, 2.05) is 16.9 Å². The zero-order chi connectivity index (χ0) is 13.8. The van der Waals surface area contributed by atoms with Gasteiger partial charge in [0.25, 0.3) is 0 Å². The molecule has 1 fully saturated rings. The molecular weight excluding hydrogens is 246 g/mol. The van der Waals surface area contributed by atoms with Crippen LogP contribution < -0.4 is 5.32 Å². The van der Waals surface area contributed by atoms with E-state index in [2.05, 4.69) is 41.6 Å². The van der Waals surface area contributed by atoms with Crippen molar-refractivity contribution in [2.45, 2.75) is 32.7 Å². The molecule has 0 bridgehead atoms. The maximum atomic E-state index is 4.24. The zero-order valence-corrected chi connectivity index (χ0v) is 12.1. The van der Waals surface area contributed by atoms with Crippen molar-refractivity contribution in [3.63, 3.8) is 0 Å². The Morgan fingerprint density at radius 2 is 2.10 bits per heavy atom. The summed E-state index contributed by atoms with van der Waals surface area (Å²) in [6.07, 6.45) is 7.98. The first-order chi connectivity index (χ1) is 9.83. The van der Waals surface area contributed by atoms with Gasteiger partial charge in [-0.15, -0.1) is 0 Å². The monoisotopic (exact) mass is 269 g/mol. The predicted octanol–water partition coefficient (Wildman–Crippen LogP) is 3.40. The van der Waals surface area contributed by atoms with Gasteiger partial charge in [-0.3, -0.25) is 0 Å². The SMILES string of the molecule is CC1CCCC1CNCc1ccc(-n2cccn2)cc1. The van der Waals surface area contributed by atoms with Crippen LogP contribution in [0.25, 0.3) is 5.69 Å². The Labute approximate surface area is 121 Å². The quantitative estimate of drug-likeness (QED) is 0.901. The molecule has 1 aliphatic carbocycles. The van der Waals surface area contributed by atoms with Gasteiger partial charge in [0, 0.05) is 18.9 Å². The second-order valence-corrected chi connectivity index (χ2v) is 5.92. The average molecular weight is 269 g/mol. The summed E-state index contributed by atoms with van der Waals surface area (Å²) in [5.74, 6) is 1.77. The average Bonchev–Trinajstić information content (AvgIpc) is 3.12. The fourth-order valence-corrected chi connectivity index (χ4v) is 3.12. The number of hydrogen-bond acceptors (Lipinski definition) is 2. The van der Waals surface area contributed by atoms with Crippen molar-refractivity contribution < 1.29 is 0 Å². The third kappa shape index (κ3) is 3.10. The van der Waals surface area contributed by atoms with Crippen LogP contribution in [-0.2, 0) is 6.54 Å². The molecule has 3 heteroatoms. The highest BCUT2D eigenvalue weighted by molar-refractivity contribution is 5.33. The number of nitrogens with zero attached hydrogens (tertiary/aromatic N) is 2. The molecule has 1 N–H and O–H groups in total. The van der Waals surface area contributed by atoms with Gasteiger partial charge in [0.05, 0.1) is 5.69 Å². The van der Waals surface area contributed by atoms with Crippen molar-refractivity contribution in [2.24, 2.45) is 11.8 Å². The standard InChI is InChI=1S/C17H23N3/c1-14-4-2-5-16(14)13-18-12-15-6-8-17(9-7-15)20-11-3-10-19-20/h3,6-11,14,16,18H,2,4-5,12-13H2,1H3. The summed E-state index contributed by atoms with van der Waals surface area (Å²) >= 11 is 0. The first-order valence-electron chi connectivity index (χ1n) is 7.62. The number of nitrogens with one attached hydrogen (secondary N) is 1. The third-order valence-corrected chi connectivity index (χ3v) is 4.48. The summed E-state index contributed by atoms with van der Waals surface area (Å²) in [5.41, 5.74) is 2.45. The number of benzene rings is 1. The summed E-state index contributed by atoms with van der Waals surface area (Å²) < 4.78 is 1.89. The van der Waals surface area contributed by atoms with Crippen LogP contribution in [0.15, 0.2) is 42.7 Å². The van der Waals surface area contributed by atoms with E-state index in [0.717, 1.165) is 30.6 Å². The minimum atomic E-state index is 0.873. The Bertz CT molecular complexity index is 516. The molecule has 3 rings (SSSR count). The molecule has 20 heavy (non-hydrogen) atoms. The molecule has 1 aliphatic rings. The Balaban J connectivity index is 1.51.